The van der Waals surface area contributed by atoms with Crippen LogP contribution < -0.4 is 0 Å². The summed E-state index contributed by atoms with van der Waals surface area (Å²) in [5.41, 5.74) is 0.997. The van der Waals surface area contributed by atoms with E-state index in [1.807, 2.05) is 30.3 Å². The number of hydrogen-bond donors (Lipinski definition) is 1. The molecule has 126 valence electrons. The summed E-state index contributed by atoms with van der Waals surface area (Å²) in [5, 5.41) is 9.21. The van der Waals surface area contributed by atoms with Crippen molar-refractivity contribution in [1.82, 2.24) is 4.31 Å². The minimum absolute atomic E-state index is 0.0980. The van der Waals surface area contributed by atoms with E-state index in [1.54, 1.807) is 0 Å². The zero-order chi connectivity index (χ0) is 16.4. The Morgan fingerprint density at radius 2 is 2.00 bits per heavy atom. The average molecular weight is 339 g/mol. The smallest absolute Gasteiger partial charge is 0.308 e. The van der Waals surface area contributed by atoms with E-state index >= 15 is 0 Å². The maximum Gasteiger partial charge on any atom is 0.308 e. The molecule has 1 N–H and O–H groups in total. The number of sulfonamides is 1. The van der Waals surface area contributed by atoms with Gasteiger partial charge in [-0.1, -0.05) is 30.3 Å². The van der Waals surface area contributed by atoms with Crippen molar-refractivity contribution in [2.45, 2.75) is 38.0 Å². The first-order chi connectivity index (χ1) is 11.0. The fraction of sp³-hybridized carbons (Fsp3) is 0.562. The maximum atomic E-state index is 12.5. The zero-order valence-electron chi connectivity index (χ0n) is 12.8. The lowest BCUT2D eigenvalue weighted by Gasteiger charge is -2.22. The fourth-order valence-corrected chi connectivity index (χ4v) is 5.52. The van der Waals surface area contributed by atoms with Gasteiger partial charge in [0.25, 0.3) is 0 Å². The van der Waals surface area contributed by atoms with Crippen LogP contribution in [0.25, 0.3) is 0 Å². The van der Waals surface area contributed by atoms with Crippen molar-refractivity contribution in [3.63, 3.8) is 0 Å². The molecule has 3 unspecified atom stereocenters. The van der Waals surface area contributed by atoms with Crippen molar-refractivity contribution in [3.05, 3.63) is 35.9 Å². The van der Waals surface area contributed by atoms with E-state index in [2.05, 4.69) is 0 Å². The first-order valence-corrected chi connectivity index (χ1v) is 9.45. The van der Waals surface area contributed by atoms with Gasteiger partial charge in [0.2, 0.25) is 10.0 Å². The van der Waals surface area contributed by atoms with Crippen LogP contribution in [0.3, 0.4) is 0 Å². The van der Waals surface area contributed by atoms with Crippen LogP contribution in [-0.4, -0.2) is 48.2 Å². The number of hydrogen-bond acceptors (Lipinski definition) is 4. The highest BCUT2D eigenvalue weighted by atomic mass is 32.2. The van der Waals surface area contributed by atoms with E-state index in [9.17, 15) is 18.3 Å². The van der Waals surface area contributed by atoms with Crippen LogP contribution in [0.15, 0.2) is 30.3 Å². The average Bonchev–Trinajstić information content (AvgIpc) is 3.11. The van der Waals surface area contributed by atoms with Gasteiger partial charge in [0.15, 0.2) is 0 Å². The monoisotopic (exact) mass is 339 g/mol. The Hall–Kier alpha value is -1.44. The molecular formula is C16H21NO5S. The Labute approximate surface area is 136 Å². The lowest BCUT2D eigenvalue weighted by Crippen LogP contribution is -2.40. The third-order valence-corrected chi connectivity index (χ3v) is 6.60. The molecule has 6 nitrogen and oxygen atoms in total. The van der Waals surface area contributed by atoms with Gasteiger partial charge in [0.1, 0.15) is 0 Å². The summed E-state index contributed by atoms with van der Waals surface area (Å²) in [6, 6.07) is 9.04. The summed E-state index contributed by atoms with van der Waals surface area (Å²) in [7, 11) is -3.47. The van der Waals surface area contributed by atoms with Crippen LogP contribution >= 0.6 is 0 Å². The molecule has 2 bridgehead atoms. The molecule has 0 amide bonds. The molecule has 0 aromatic heterocycles. The van der Waals surface area contributed by atoms with Crippen LogP contribution in [0, 0.1) is 5.92 Å². The molecule has 2 aliphatic rings. The van der Waals surface area contributed by atoms with Gasteiger partial charge in [-0.25, -0.2) is 8.42 Å². The maximum absolute atomic E-state index is 12.5. The number of fused-ring (bicyclic) bond motifs is 2. The highest BCUT2D eigenvalue weighted by Gasteiger charge is 2.53. The van der Waals surface area contributed by atoms with Crippen LogP contribution in [0.1, 0.15) is 24.8 Å². The molecule has 3 atom stereocenters. The second kappa shape index (κ2) is 6.59. The van der Waals surface area contributed by atoms with E-state index in [-0.39, 0.29) is 24.4 Å². The van der Waals surface area contributed by atoms with Gasteiger partial charge in [-0.3, -0.25) is 4.79 Å². The molecule has 23 heavy (non-hydrogen) atoms. The Bertz CT molecular complexity index is 660. The number of rotatable bonds is 7. The summed E-state index contributed by atoms with van der Waals surface area (Å²) in [6.07, 6.45) is 1.84. The Morgan fingerprint density at radius 3 is 2.65 bits per heavy atom. The summed E-state index contributed by atoms with van der Waals surface area (Å²) < 4.78 is 32.0. The van der Waals surface area contributed by atoms with Gasteiger partial charge >= 0.3 is 5.97 Å². The molecule has 3 rings (SSSR count). The third kappa shape index (κ3) is 3.41. The van der Waals surface area contributed by atoms with Gasteiger partial charge in [-0.15, -0.1) is 0 Å². The van der Waals surface area contributed by atoms with Crippen LogP contribution in [-0.2, 0) is 26.2 Å². The number of carboxylic acids is 1. The van der Waals surface area contributed by atoms with Crippen LogP contribution in [0.5, 0.6) is 0 Å². The minimum Gasteiger partial charge on any atom is -0.481 e. The quantitative estimate of drug-likeness (QED) is 0.761. The van der Waals surface area contributed by atoms with Gasteiger partial charge in [-0.2, -0.15) is 4.31 Å². The second-order valence-corrected chi connectivity index (χ2v) is 8.16. The molecular weight excluding hydrogens is 318 g/mol. The second-order valence-electron chi connectivity index (χ2n) is 6.16. The predicted octanol–water partition coefficient (Wildman–Crippen LogP) is 1.47. The van der Waals surface area contributed by atoms with Crippen molar-refractivity contribution in [2.75, 3.05) is 12.4 Å². The number of benzene rings is 1. The summed E-state index contributed by atoms with van der Waals surface area (Å²) >= 11 is 0. The fourth-order valence-electron chi connectivity index (χ4n) is 3.67. The van der Waals surface area contributed by atoms with Crippen molar-refractivity contribution in [1.29, 1.82) is 0 Å². The van der Waals surface area contributed by atoms with Gasteiger partial charge < -0.3 is 9.84 Å². The number of ether oxygens (including phenoxy) is 1. The largest absolute Gasteiger partial charge is 0.481 e. The SMILES string of the molecule is O=C(O)C1CC2CCC1N2S(=O)(=O)CCOCc1ccccc1. The van der Waals surface area contributed by atoms with E-state index in [0.717, 1.165) is 12.0 Å². The molecule has 0 saturated carbocycles. The molecule has 2 saturated heterocycles. The summed E-state index contributed by atoms with van der Waals surface area (Å²) in [4.78, 5) is 11.2. The molecule has 0 spiro atoms. The van der Waals surface area contributed by atoms with Gasteiger partial charge in [-0.05, 0) is 24.8 Å². The Balaban J connectivity index is 1.54. The summed E-state index contributed by atoms with van der Waals surface area (Å²) in [5.74, 6) is -1.55. The molecule has 1 aromatic carbocycles. The van der Waals surface area contributed by atoms with E-state index in [1.165, 1.54) is 4.31 Å². The lowest BCUT2D eigenvalue weighted by atomic mass is 9.89. The number of aliphatic carboxylic acids is 1. The van der Waals surface area contributed by atoms with Crippen LogP contribution in [0.4, 0.5) is 0 Å². The molecule has 2 fully saturated rings. The van der Waals surface area contributed by atoms with Crippen molar-refractivity contribution in [3.8, 4) is 0 Å². The number of carbonyl (C=O) groups is 1. The van der Waals surface area contributed by atoms with E-state index in [0.29, 0.717) is 19.4 Å². The van der Waals surface area contributed by atoms with Gasteiger partial charge in [0.05, 0.1) is 24.9 Å². The predicted molar refractivity (Wildman–Crippen MR) is 84.3 cm³/mol. The Morgan fingerprint density at radius 1 is 1.26 bits per heavy atom. The normalized spacial score (nSPS) is 27.4. The van der Waals surface area contributed by atoms with E-state index in [4.69, 9.17) is 4.74 Å². The number of nitrogens with zero attached hydrogens (tertiary/aromatic N) is 1. The molecule has 7 heteroatoms. The summed E-state index contributed by atoms with van der Waals surface area (Å²) in [6.45, 7) is 0.492. The topological polar surface area (TPSA) is 83.9 Å². The van der Waals surface area contributed by atoms with Crippen molar-refractivity contribution in [2.24, 2.45) is 5.92 Å². The van der Waals surface area contributed by atoms with Crippen molar-refractivity contribution >= 4 is 16.0 Å². The van der Waals surface area contributed by atoms with Crippen molar-refractivity contribution < 1.29 is 23.1 Å². The minimum atomic E-state index is -3.47. The zero-order valence-corrected chi connectivity index (χ0v) is 13.6. The molecule has 2 aliphatic heterocycles. The van der Waals surface area contributed by atoms with E-state index < -0.39 is 21.9 Å². The standard InChI is InChI=1S/C16H21NO5S/c18-16(19)14-10-13-6-7-15(14)17(13)23(20,21)9-8-22-11-12-4-2-1-3-5-12/h1-5,13-15H,6-11H2,(H,18,19). The first-order valence-electron chi connectivity index (χ1n) is 7.85. The molecule has 0 aliphatic carbocycles. The molecule has 2 heterocycles. The molecule has 0 radical (unpaired) electrons. The lowest BCUT2D eigenvalue weighted by molar-refractivity contribution is -0.142. The highest BCUT2D eigenvalue weighted by molar-refractivity contribution is 7.89. The first kappa shape index (κ1) is 16.4. The molecule has 1 aromatic rings. The third-order valence-electron chi connectivity index (χ3n) is 4.71. The Kier molecular flexibility index (Phi) is 4.70. The van der Waals surface area contributed by atoms with Gasteiger partial charge in [0, 0.05) is 12.1 Å². The number of carboxylic acid groups (broad SMARTS) is 1. The van der Waals surface area contributed by atoms with Crippen LogP contribution in [0.2, 0.25) is 0 Å². The highest BCUT2D eigenvalue weighted by Crippen LogP contribution is 2.43.